The van der Waals surface area contributed by atoms with Gasteiger partial charge in [0.15, 0.2) is 0 Å². The van der Waals surface area contributed by atoms with Gasteiger partial charge in [-0.1, -0.05) is 12.1 Å². The zero-order chi connectivity index (χ0) is 11.5. The van der Waals surface area contributed by atoms with Crippen LogP contribution >= 0.6 is 0 Å². The molecular formula is C13H19FN2. The van der Waals surface area contributed by atoms with Crippen molar-refractivity contribution >= 4 is 0 Å². The molecule has 1 saturated heterocycles. The minimum Gasteiger partial charge on any atom is -0.327 e. The lowest BCUT2D eigenvalue weighted by molar-refractivity contribution is 0.185. The molecule has 0 amide bonds. The smallest absolute Gasteiger partial charge is 0.123 e. The van der Waals surface area contributed by atoms with Gasteiger partial charge in [0.1, 0.15) is 5.82 Å². The maximum atomic E-state index is 12.8. The number of halogens is 1. The predicted octanol–water partition coefficient (Wildman–Crippen LogP) is 1.65. The molecule has 2 atom stereocenters. The quantitative estimate of drug-likeness (QED) is 0.824. The molecule has 2 rings (SSSR count). The van der Waals surface area contributed by atoms with E-state index in [1.54, 1.807) is 0 Å². The molecule has 0 bridgehead atoms. The summed E-state index contributed by atoms with van der Waals surface area (Å²) >= 11 is 0. The van der Waals surface area contributed by atoms with E-state index in [1.807, 2.05) is 12.1 Å². The van der Waals surface area contributed by atoms with Crippen molar-refractivity contribution < 1.29 is 4.39 Å². The Balaban J connectivity index is 2.00. The second-order valence-corrected chi connectivity index (χ2v) is 4.81. The fourth-order valence-corrected chi connectivity index (χ4v) is 2.37. The summed E-state index contributed by atoms with van der Waals surface area (Å²) < 4.78 is 12.8. The van der Waals surface area contributed by atoms with E-state index in [4.69, 9.17) is 5.73 Å². The number of hydrogen-bond acceptors (Lipinski definition) is 2. The SMILES string of the molecule is CN1CCC(N)C(Cc2ccc(F)cc2)C1. The Labute approximate surface area is 96.2 Å². The van der Waals surface area contributed by atoms with Crippen LogP contribution in [0.3, 0.4) is 0 Å². The second kappa shape index (κ2) is 4.93. The molecule has 2 N–H and O–H groups in total. The van der Waals surface area contributed by atoms with Gasteiger partial charge in [-0.25, -0.2) is 4.39 Å². The van der Waals surface area contributed by atoms with Crippen molar-refractivity contribution in [2.75, 3.05) is 20.1 Å². The van der Waals surface area contributed by atoms with Crippen molar-refractivity contribution in [3.8, 4) is 0 Å². The predicted molar refractivity (Wildman–Crippen MR) is 63.7 cm³/mol. The van der Waals surface area contributed by atoms with Crippen LogP contribution in [0.2, 0.25) is 0 Å². The Bertz CT molecular complexity index is 336. The van der Waals surface area contributed by atoms with Crippen molar-refractivity contribution in [2.45, 2.75) is 18.9 Å². The van der Waals surface area contributed by atoms with Gasteiger partial charge in [-0.05, 0) is 50.0 Å². The molecule has 1 aromatic rings. The zero-order valence-electron chi connectivity index (χ0n) is 9.70. The van der Waals surface area contributed by atoms with E-state index < -0.39 is 0 Å². The van der Waals surface area contributed by atoms with Crippen molar-refractivity contribution in [2.24, 2.45) is 11.7 Å². The Morgan fingerprint density at radius 1 is 1.38 bits per heavy atom. The van der Waals surface area contributed by atoms with Crippen LogP contribution in [0.25, 0.3) is 0 Å². The number of nitrogens with two attached hydrogens (primary N) is 1. The standard InChI is InChI=1S/C13H19FN2/c1-16-7-6-13(15)11(9-16)8-10-2-4-12(14)5-3-10/h2-5,11,13H,6-9,15H2,1H3. The van der Waals surface area contributed by atoms with Crippen molar-refractivity contribution in [1.82, 2.24) is 4.90 Å². The highest BCUT2D eigenvalue weighted by Crippen LogP contribution is 2.19. The monoisotopic (exact) mass is 222 g/mol. The van der Waals surface area contributed by atoms with Crippen molar-refractivity contribution in [1.29, 1.82) is 0 Å². The highest BCUT2D eigenvalue weighted by atomic mass is 19.1. The number of benzene rings is 1. The van der Waals surface area contributed by atoms with Gasteiger partial charge in [0.05, 0.1) is 0 Å². The van der Waals surface area contributed by atoms with Crippen LogP contribution in [0, 0.1) is 11.7 Å². The minimum atomic E-state index is -0.172. The summed E-state index contributed by atoms with van der Waals surface area (Å²) in [5.41, 5.74) is 7.30. The molecule has 0 aromatic heterocycles. The third kappa shape index (κ3) is 2.80. The molecule has 0 saturated carbocycles. The van der Waals surface area contributed by atoms with Gasteiger partial charge in [-0.15, -0.1) is 0 Å². The van der Waals surface area contributed by atoms with Gasteiger partial charge in [0.2, 0.25) is 0 Å². The first-order valence-electron chi connectivity index (χ1n) is 5.83. The average molecular weight is 222 g/mol. The van der Waals surface area contributed by atoms with E-state index in [0.29, 0.717) is 5.92 Å². The van der Waals surface area contributed by atoms with Crippen LogP contribution in [0.15, 0.2) is 24.3 Å². The third-order valence-electron chi connectivity index (χ3n) is 3.41. The molecule has 0 radical (unpaired) electrons. The number of rotatable bonds is 2. The lowest BCUT2D eigenvalue weighted by atomic mass is 9.87. The van der Waals surface area contributed by atoms with Gasteiger partial charge in [-0.2, -0.15) is 0 Å². The summed E-state index contributed by atoms with van der Waals surface area (Å²) in [5, 5.41) is 0. The van der Waals surface area contributed by atoms with E-state index in [2.05, 4.69) is 11.9 Å². The highest BCUT2D eigenvalue weighted by molar-refractivity contribution is 5.17. The Morgan fingerprint density at radius 3 is 2.75 bits per heavy atom. The highest BCUT2D eigenvalue weighted by Gasteiger charge is 2.24. The van der Waals surface area contributed by atoms with Crippen molar-refractivity contribution in [3.05, 3.63) is 35.6 Å². The second-order valence-electron chi connectivity index (χ2n) is 4.81. The molecule has 2 nitrogen and oxygen atoms in total. The van der Waals surface area contributed by atoms with Crippen LogP contribution < -0.4 is 5.73 Å². The van der Waals surface area contributed by atoms with Crippen LogP contribution in [-0.2, 0) is 6.42 Å². The normalized spacial score (nSPS) is 26.9. The van der Waals surface area contributed by atoms with Crippen LogP contribution in [0.4, 0.5) is 4.39 Å². The molecule has 0 aliphatic carbocycles. The summed E-state index contributed by atoms with van der Waals surface area (Å²) in [6.07, 6.45) is 2.01. The summed E-state index contributed by atoms with van der Waals surface area (Å²) in [7, 11) is 2.13. The summed E-state index contributed by atoms with van der Waals surface area (Å²) in [5.74, 6) is 0.318. The molecular weight excluding hydrogens is 203 g/mol. The largest absolute Gasteiger partial charge is 0.327 e. The van der Waals surface area contributed by atoms with Gasteiger partial charge in [0.25, 0.3) is 0 Å². The average Bonchev–Trinajstić information content (AvgIpc) is 2.27. The summed E-state index contributed by atoms with van der Waals surface area (Å²) in [6, 6.07) is 7.04. The maximum Gasteiger partial charge on any atom is 0.123 e. The first kappa shape index (κ1) is 11.6. The molecule has 1 heterocycles. The number of piperidine rings is 1. The molecule has 1 aromatic carbocycles. The molecule has 3 heteroatoms. The molecule has 88 valence electrons. The van der Waals surface area contributed by atoms with E-state index in [9.17, 15) is 4.39 Å². The molecule has 1 fully saturated rings. The van der Waals surface area contributed by atoms with E-state index in [1.165, 1.54) is 17.7 Å². The summed E-state index contributed by atoms with van der Waals surface area (Å²) in [6.45, 7) is 2.12. The Hall–Kier alpha value is -0.930. The molecule has 16 heavy (non-hydrogen) atoms. The number of hydrogen-bond donors (Lipinski definition) is 1. The van der Waals surface area contributed by atoms with Gasteiger partial charge >= 0.3 is 0 Å². The molecule has 2 unspecified atom stereocenters. The molecule has 1 aliphatic heterocycles. The van der Waals surface area contributed by atoms with E-state index in [0.717, 1.165) is 25.9 Å². The molecule has 1 aliphatic rings. The van der Waals surface area contributed by atoms with Gasteiger partial charge < -0.3 is 10.6 Å². The Kier molecular flexibility index (Phi) is 3.56. The van der Waals surface area contributed by atoms with Crippen LogP contribution in [-0.4, -0.2) is 31.1 Å². The fraction of sp³-hybridized carbons (Fsp3) is 0.538. The summed E-state index contributed by atoms with van der Waals surface area (Å²) in [4.78, 5) is 2.32. The van der Waals surface area contributed by atoms with Gasteiger partial charge in [-0.3, -0.25) is 0 Å². The maximum absolute atomic E-state index is 12.8. The van der Waals surface area contributed by atoms with E-state index >= 15 is 0 Å². The lowest BCUT2D eigenvalue weighted by Gasteiger charge is -2.34. The topological polar surface area (TPSA) is 29.3 Å². The third-order valence-corrected chi connectivity index (χ3v) is 3.41. The van der Waals surface area contributed by atoms with Crippen molar-refractivity contribution in [3.63, 3.8) is 0 Å². The minimum absolute atomic E-state index is 0.172. The zero-order valence-corrected chi connectivity index (χ0v) is 9.70. The van der Waals surface area contributed by atoms with Crippen LogP contribution in [0.5, 0.6) is 0 Å². The van der Waals surface area contributed by atoms with E-state index in [-0.39, 0.29) is 11.9 Å². The fourth-order valence-electron chi connectivity index (χ4n) is 2.37. The van der Waals surface area contributed by atoms with Gasteiger partial charge in [0, 0.05) is 12.6 Å². The molecule has 0 spiro atoms. The first-order valence-corrected chi connectivity index (χ1v) is 5.83. The number of likely N-dealkylation sites (tertiary alicyclic amines) is 1. The number of nitrogens with zero attached hydrogens (tertiary/aromatic N) is 1. The lowest BCUT2D eigenvalue weighted by Crippen LogP contribution is -2.46. The Morgan fingerprint density at radius 2 is 2.06 bits per heavy atom. The van der Waals surface area contributed by atoms with Crippen LogP contribution in [0.1, 0.15) is 12.0 Å². The first-order chi connectivity index (χ1) is 7.65.